The van der Waals surface area contributed by atoms with Crippen molar-refractivity contribution in [2.75, 3.05) is 12.1 Å². The molecule has 0 saturated heterocycles. The minimum Gasteiger partial charge on any atom is -0.454 e. The number of rotatable bonds is 5. The lowest BCUT2D eigenvalue weighted by atomic mass is 10.1. The van der Waals surface area contributed by atoms with Crippen molar-refractivity contribution >= 4 is 28.3 Å². The van der Waals surface area contributed by atoms with Crippen LogP contribution in [0, 0.1) is 0 Å². The predicted octanol–water partition coefficient (Wildman–Crippen LogP) is 2.87. The number of hydrogen-bond acceptors (Lipinski definition) is 7. The molecule has 0 radical (unpaired) electrons. The minimum absolute atomic E-state index is 0.0587. The van der Waals surface area contributed by atoms with E-state index < -0.39 is 0 Å². The summed E-state index contributed by atoms with van der Waals surface area (Å²) in [5.74, 6) is 0.536. The maximum atomic E-state index is 12.7. The third kappa shape index (κ3) is 3.59. The normalized spacial score (nSPS) is 16.2. The summed E-state index contributed by atoms with van der Waals surface area (Å²) in [6, 6.07) is 8.79. The quantitative estimate of drug-likeness (QED) is 0.656. The molecule has 2 amide bonds. The molecular weight excluding hydrogens is 404 g/mol. The summed E-state index contributed by atoms with van der Waals surface area (Å²) in [5.41, 5.74) is 2.16. The molecular formula is C21H18N4O4S. The van der Waals surface area contributed by atoms with Gasteiger partial charge < -0.3 is 14.8 Å². The Hall–Kier alpha value is -3.46. The lowest BCUT2D eigenvalue weighted by molar-refractivity contribution is -0.122. The summed E-state index contributed by atoms with van der Waals surface area (Å²) in [6.45, 7) is 0.584. The van der Waals surface area contributed by atoms with E-state index in [0.717, 1.165) is 29.0 Å². The average Bonchev–Trinajstić information content (AvgIpc) is 3.47. The smallest absolute Gasteiger partial charge is 0.257 e. The zero-order valence-corrected chi connectivity index (χ0v) is 16.7. The monoisotopic (exact) mass is 422 g/mol. The highest BCUT2D eigenvalue weighted by molar-refractivity contribution is 7.16. The molecule has 0 unspecified atom stereocenters. The van der Waals surface area contributed by atoms with E-state index in [4.69, 9.17) is 9.47 Å². The third-order valence-electron chi connectivity index (χ3n) is 5.08. The van der Waals surface area contributed by atoms with Gasteiger partial charge in [0, 0.05) is 29.4 Å². The van der Waals surface area contributed by atoms with Crippen molar-refractivity contribution in [3.8, 4) is 11.5 Å². The van der Waals surface area contributed by atoms with E-state index in [-0.39, 0.29) is 24.5 Å². The Morgan fingerprint density at radius 1 is 1.20 bits per heavy atom. The zero-order valence-electron chi connectivity index (χ0n) is 15.9. The Bertz CT molecular complexity index is 1120. The number of benzene rings is 1. The number of anilines is 1. The number of amides is 2. The van der Waals surface area contributed by atoms with Crippen LogP contribution < -0.4 is 20.1 Å². The van der Waals surface area contributed by atoms with E-state index in [1.165, 1.54) is 11.3 Å². The number of carbonyl (C=O) groups is 2. The molecule has 1 atom stereocenters. The van der Waals surface area contributed by atoms with Crippen molar-refractivity contribution in [2.45, 2.75) is 25.3 Å². The molecule has 8 nitrogen and oxygen atoms in total. The number of fused-ring (bicyclic) bond motifs is 2. The minimum atomic E-state index is -0.302. The Kier molecular flexibility index (Phi) is 4.80. The van der Waals surface area contributed by atoms with Gasteiger partial charge in [0.25, 0.3) is 5.91 Å². The van der Waals surface area contributed by atoms with Crippen molar-refractivity contribution in [2.24, 2.45) is 0 Å². The molecule has 9 heteroatoms. The van der Waals surface area contributed by atoms with E-state index in [0.29, 0.717) is 28.7 Å². The van der Waals surface area contributed by atoms with Gasteiger partial charge in [-0.2, -0.15) is 0 Å². The standard InChI is InChI=1S/C21H18N4O4S/c26-19(13-3-5-15-16(8-13)29-11-28-15)25-21-24-18-14(4-6-17(18)30-21)20(27)23-10-12-2-1-7-22-9-12/h1-3,5,7-9,14H,4,6,10-11H2,(H,23,27)(H,24,25,26)/t14-/m1/s1. The highest BCUT2D eigenvalue weighted by Crippen LogP contribution is 2.39. The lowest BCUT2D eigenvalue weighted by Crippen LogP contribution is -2.28. The van der Waals surface area contributed by atoms with Crippen molar-refractivity contribution in [1.82, 2.24) is 15.3 Å². The van der Waals surface area contributed by atoms with Crippen LogP contribution in [0.3, 0.4) is 0 Å². The van der Waals surface area contributed by atoms with Gasteiger partial charge in [-0.1, -0.05) is 6.07 Å². The molecule has 2 N–H and O–H groups in total. The molecule has 0 saturated carbocycles. The first-order valence-corrected chi connectivity index (χ1v) is 10.4. The second-order valence-electron chi connectivity index (χ2n) is 7.02. The predicted molar refractivity (Wildman–Crippen MR) is 110 cm³/mol. The number of carbonyl (C=O) groups excluding carboxylic acids is 2. The van der Waals surface area contributed by atoms with Crippen LogP contribution in [0.4, 0.5) is 5.13 Å². The maximum Gasteiger partial charge on any atom is 0.257 e. The van der Waals surface area contributed by atoms with Crippen LogP contribution in [-0.2, 0) is 17.8 Å². The van der Waals surface area contributed by atoms with Gasteiger partial charge in [-0.05, 0) is 42.7 Å². The number of hydrogen-bond donors (Lipinski definition) is 2. The van der Waals surface area contributed by atoms with Gasteiger partial charge in [0.15, 0.2) is 16.6 Å². The van der Waals surface area contributed by atoms with E-state index in [2.05, 4.69) is 20.6 Å². The number of nitrogens with zero attached hydrogens (tertiary/aromatic N) is 2. The van der Waals surface area contributed by atoms with Crippen molar-refractivity contribution in [3.63, 3.8) is 0 Å². The fraction of sp³-hybridized carbons (Fsp3) is 0.238. The second-order valence-corrected chi connectivity index (χ2v) is 8.10. The van der Waals surface area contributed by atoms with Gasteiger partial charge in [-0.25, -0.2) is 4.98 Å². The average molecular weight is 422 g/mol. The van der Waals surface area contributed by atoms with Crippen LogP contribution in [0.2, 0.25) is 0 Å². The number of aryl methyl sites for hydroxylation is 1. The number of thiazole rings is 1. The summed E-state index contributed by atoms with van der Waals surface area (Å²) in [7, 11) is 0. The Balaban J connectivity index is 1.25. The molecule has 3 heterocycles. The molecule has 30 heavy (non-hydrogen) atoms. The maximum absolute atomic E-state index is 12.7. The molecule has 2 aromatic heterocycles. The summed E-state index contributed by atoms with van der Waals surface area (Å²) in [6.07, 6.45) is 4.93. The number of aromatic nitrogens is 2. The molecule has 0 fully saturated rings. The van der Waals surface area contributed by atoms with E-state index >= 15 is 0 Å². The van der Waals surface area contributed by atoms with E-state index in [1.54, 1.807) is 30.6 Å². The Labute approximate surface area is 176 Å². The summed E-state index contributed by atoms with van der Waals surface area (Å²) in [4.78, 5) is 34.9. The highest BCUT2D eigenvalue weighted by Gasteiger charge is 2.32. The van der Waals surface area contributed by atoms with Gasteiger partial charge in [0.1, 0.15) is 0 Å². The van der Waals surface area contributed by atoms with Gasteiger partial charge in [-0.3, -0.25) is 19.9 Å². The first-order chi connectivity index (χ1) is 14.7. The molecule has 1 aromatic carbocycles. The number of pyridine rings is 1. The second kappa shape index (κ2) is 7.75. The third-order valence-corrected chi connectivity index (χ3v) is 6.13. The fourth-order valence-electron chi connectivity index (χ4n) is 3.56. The van der Waals surface area contributed by atoms with Crippen LogP contribution >= 0.6 is 11.3 Å². The zero-order chi connectivity index (χ0) is 20.5. The molecule has 0 bridgehead atoms. The molecule has 152 valence electrons. The van der Waals surface area contributed by atoms with Crippen LogP contribution in [0.15, 0.2) is 42.7 Å². The van der Waals surface area contributed by atoms with E-state index in [9.17, 15) is 9.59 Å². The Morgan fingerprint density at radius 3 is 2.97 bits per heavy atom. The van der Waals surface area contributed by atoms with Gasteiger partial charge >= 0.3 is 0 Å². The lowest BCUT2D eigenvalue weighted by Gasteiger charge is -2.10. The first kappa shape index (κ1) is 18.6. The van der Waals surface area contributed by atoms with Crippen LogP contribution in [0.1, 0.15) is 38.8 Å². The van der Waals surface area contributed by atoms with Gasteiger partial charge in [-0.15, -0.1) is 11.3 Å². The molecule has 1 aliphatic heterocycles. The molecule has 0 spiro atoms. The van der Waals surface area contributed by atoms with Crippen LogP contribution in [0.5, 0.6) is 11.5 Å². The topological polar surface area (TPSA) is 102 Å². The summed E-state index contributed by atoms with van der Waals surface area (Å²) >= 11 is 1.42. The molecule has 1 aliphatic carbocycles. The highest BCUT2D eigenvalue weighted by atomic mass is 32.1. The molecule has 2 aliphatic rings. The summed E-state index contributed by atoms with van der Waals surface area (Å²) < 4.78 is 10.6. The van der Waals surface area contributed by atoms with Crippen molar-refractivity contribution in [3.05, 3.63) is 64.4 Å². The Morgan fingerprint density at radius 2 is 2.10 bits per heavy atom. The van der Waals surface area contributed by atoms with Crippen molar-refractivity contribution < 1.29 is 19.1 Å². The molecule has 3 aromatic rings. The SMILES string of the molecule is O=C(Nc1nc2c(s1)CC[C@H]2C(=O)NCc1cccnc1)c1ccc2c(c1)OCO2. The van der Waals surface area contributed by atoms with Crippen LogP contribution in [-0.4, -0.2) is 28.6 Å². The number of ether oxygens (including phenoxy) is 2. The largest absolute Gasteiger partial charge is 0.454 e. The van der Waals surface area contributed by atoms with Gasteiger partial charge in [0.2, 0.25) is 12.7 Å². The van der Waals surface area contributed by atoms with Crippen molar-refractivity contribution in [1.29, 1.82) is 0 Å². The number of nitrogens with one attached hydrogen (secondary N) is 2. The molecule has 5 rings (SSSR count). The first-order valence-electron chi connectivity index (χ1n) is 9.54. The van der Waals surface area contributed by atoms with E-state index in [1.807, 2.05) is 12.1 Å². The summed E-state index contributed by atoms with van der Waals surface area (Å²) in [5, 5.41) is 6.28. The van der Waals surface area contributed by atoms with Gasteiger partial charge in [0.05, 0.1) is 11.6 Å². The van der Waals surface area contributed by atoms with Crippen LogP contribution in [0.25, 0.3) is 0 Å². The fourth-order valence-corrected chi connectivity index (χ4v) is 4.59.